The standard InChI is InChI=1S/C16H31N3/c1-2-14-6-5-10-19(12-14)16(13-17)8-11-18-9-4-3-7-15(16)18/h14-15H,2-13,17H2,1H3. The van der Waals surface area contributed by atoms with Gasteiger partial charge in [0.15, 0.2) is 0 Å². The third-order valence-electron chi connectivity index (χ3n) is 6.15. The van der Waals surface area contributed by atoms with Crippen molar-refractivity contribution in [1.29, 1.82) is 0 Å². The Kier molecular flexibility index (Phi) is 4.16. The number of piperidine rings is 2. The Morgan fingerprint density at radius 3 is 2.79 bits per heavy atom. The Balaban J connectivity index is 1.78. The quantitative estimate of drug-likeness (QED) is 0.848. The number of nitrogens with two attached hydrogens (primary N) is 1. The van der Waals surface area contributed by atoms with Crippen molar-refractivity contribution in [3.8, 4) is 0 Å². The van der Waals surface area contributed by atoms with E-state index in [1.807, 2.05) is 0 Å². The molecule has 3 nitrogen and oxygen atoms in total. The lowest BCUT2D eigenvalue weighted by Crippen LogP contribution is -2.63. The lowest BCUT2D eigenvalue weighted by Gasteiger charge is -2.50. The SMILES string of the molecule is CCC1CCCN(C2(CN)CCN3CCCCC32)C1. The van der Waals surface area contributed by atoms with Gasteiger partial charge in [-0.15, -0.1) is 0 Å². The molecule has 3 aliphatic rings. The molecule has 3 unspecified atom stereocenters. The van der Waals surface area contributed by atoms with E-state index in [2.05, 4.69) is 16.7 Å². The van der Waals surface area contributed by atoms with Crippen LogP contribution < -0.4 is 5.73 Å². The monoisotopic (exact) mass is 265 g/mol. The Morgan fingerprint density at radius 2 is 2.00 bits per heavy atom. The average Bonchev–Trinajstić information content (AvgIpc) is 2.87. The largest absolute Gasteiger partial charge is 0.329 e. The van der Waals surface area contributed by atoms with Crippen LogP contribution in [0.25, 0.3) is 0 Å². The molecule has 0 aromatic heterocycles. The lowest BCUT2D eigenvalue weighted by molar-refractivity contribution is 0.00789. The van der Waals surface area contributed by atoms with Gasteiger partial charge in [-0.25, -0.2) is 0 Å². The normalized spacial score (nSPS) is 41.4. The van der Waals surface area contributed by atoms with E-state index in [0.29, 0.717) is 5.54 Å². The molecule has 3 atom stereocenters. The van der Waals surface area contributed by atoms with E-state index in [1.54, 1.807) is 0 Å². The molecular weight excluding hydrogens is 234 g/mol. The van der Waals surface area contributed by atoms with E-state index in [1.165, 1.54) is 71.1 Å². The number of nitrogens with zero attached hydrogens (tertiary/aromatic N) is 2. The average molecular weight is 265 g/mol. The van der Waals surface area contributed by atoms with Gasteiger partial charge < -0.3 is 5.73 Å². The Labute approximate surface area is 118 Å². The molecule has 0 aromatic rings. The van der Waals surface area contributed by atoms with Crippen molar-refractivity contribution in [3.05, 3.63) is 0 Å². The fourth-order valence-corrected chi connectivity index (χ4v) is 4.91. The van der Waals surface area contributed by atoms with Crippen LogP contribution >= 0.6 is 0 Å². The molecule has 0 aromatic carbocycles. The van der Waals surface area contributed by atoms with Gasteiger partial charge in [0.05, 0.1) is 0 Å². The zero-order valence-electron chi connectivity index (χ0n) is 12.6. The van der Waals surface area contributed by atoms with Crippen LogP contribution in [0.3, 0.4) is 0 Å². The maximum absolute atomic E-state index is 6.33. The van der Waals surface area contributed by atoms with E-state index >= 15 is 0 Å². The van der Waals surface area contributed by atoms with E-state index in [9.17, 15) is 0 Å². The minimum atomic E-state index is 0.314. The number of rotatable bonds is 3. The Bertz CT molecular complexity index is 306. The second kappa shape index (κ2) is 5.71. The highest BCUT2D eigenvalue weighted by Crippen LogP contribution is 2.40. The molecule has 0 amide bonds. The summed E-state index contributed by atoms with van der Waals surface area (Å²) in [5, 5.41) is 0. The molecule has 2 N–H and O–H groups in total. The van der Waals surface area contributed by atoms with Crippen molar-refractivity contribution in [2.24, 2.45) is 11.7 Å². The van der Waals surface area contributed by atoms with E-state index in [-0.39, 0.29) is 0 Å². The van der Waals surface area contributed by atoms with Gasteiger partial charge in [0.25, 0.3) is 0 Å². The highest BCUT2D eigenvalue weighted by Gasteiger charge is 2.51. The van der Waals surface area contributed by atoms with Gasteiger partial charge in [-0.2, -0.15) is 0 Å². The summed E-state index contributed by atoms with van der Waals surface area (Å²) in [5.74, 6) is 0.912. The molecule has 0 spiro atoms. The van der Waals surface area contributed by atoms with Crippen molar-refractivity contribution >= 4 is 0 Å². The first-order chi connectivity index (χ1) is 9.30. The van der Waals surface area contributed by atoms with Crippen LogP contribution in [0.15, 0.2) is 0 Å². The summed E-state index contributed by atoms with van der Waals surface area (Å²) in [6.45, 7) is 8.41. The van der Waals surface area contributed by atoms with Gasteiger partial charge in [0.1, 0.15) is 0 Å². The van der Waals surface area contributed by atoms with Crippen molar-refractivity contribution < 1.29 is 0 Å². The Hall–Kier alpha value is -0.120. The van der Waals surface area contributed by atoms with Gasteiger partial charge in [-0.3, -0.25) is 9.80 Å². The molecule has 0 saturated carbocycles. The molecular formula is C16H31N3. The summed E-state index contributed by atoms with van der Waals surface area (Å²) < 4.78 is 0. The van der Waals surface area contributed by atoms with Crippen LogP contribution in [0.4, 0.5) is 0 Å². The molecule has 3 saturated heterocycles. The van der Waals surface area contributed by atoms with Crippen LogP contribution in [-0.4, -0.2) is 54.1 Å². The zero-order chi connectivity index (χ0) is 13.3. The molecule has 3 rings (SSSR count). The van der Waals surface area contributed by atoms with E-state index < -0.39 is 0 Å². The minimum Gasteiger partial charge on any atom is -0.329 e. The van der Waals surface area contributed by atoms with E-state index in [4.69, 9.17) is 5.73 Å². The maximum Gasteiger partial charge on any atom is 0.0498 e. The second-order valence-electron chi connectivity index (χ2n) is 6.97. The van der Waals surface area contributed by atoms with Crippen molar-refractivity contribution in [1.82, 2.24) is 9.80 Å². The molecule has 3 heteroatoms. The predicted molar refractivity (Wildman–Crippen MR) is 80.2 cm³/mol. The fourth-order valence-electron chi connectivity index (χ4n) is 4.91. The molecule has 0 radical (unpaired) electrons. The van der Waals surface area contributed by atoms with E-state index in [0.717, 1.165) is 18.5 Å². The number of hydrogen-bond donors (Lipinski definition) is 1. The minimum absolute atomic E-state index is 0.314. The molecule has 19 heavy (non-hydrogen) atoms. The number of fused-ring (bicyclic) bond motifs is 1. The molecule has 0 bridgehead atoms. The summed E-state index contributed by atoms with van der Waals surface area (Å²) in [6, 6.07) is 0.752. The third kappa shape index (κ3) is 2.34. The smallest absolute Gasteiger partial charge is 0.0498 e. The Morgan fingerprint density at radius 1 is 1.11 bits per heavy atom. The summed E-state index contributed by atoms with van der Waals surface area (Å²) in [4.78, 5) is 5.55. The summed E-state index contributed by atoms with van der Waals surface area (Å²) in [5.41, 5.74) is 6.64. The van der Waals surface area contributed by atoms with Crippen LogP contribution in [0.2, 0.25) is 0 Å². The van der Waals surface area contributed by atoms with Crippen LogP contribution in [0.1, 0.15) is 51.9 Å². The number of hydrogen-bond acceptors (Lipinski definition) is 3. The molecule has 110 valence electrons. The maximum atomic E-state index is 6.33. The van der Waals surface area contributed by atoms with Crippen molar-refractivity contribution in [2.75, 3.05) is 32.7 Å². The van der Waals surface area contributed by atoms with Gasteiger partial charge in [0, 0.05) is 31.2 Å². The van der Waals surface area contributed by atoms with Crippen molar-refractivity contribution in [2.45, 2.75) is 63.5 Å². The summed E-state index contributed by atoms with van der Waals surface area (Å²) in [7, 11) is 0. The van der Waals surface area contributed by atoms with Crippen LogP contribution in [0, 0.1) is 5.92 Å². The van der Waals surface area contributed by atoms with Crippen LogP contribution in [0.5, 0.6) is 0 Å². The summed E-state index contributed by atoms with van der Waals surface area (Å²) >= 11 is 0. The predicted octanol–water partition coefficient (Wildman–Crippen LogP) is 2.06. The lowest BCUT2D eigenvalue weighted by atomic mass is 9.81. The highest BCUT2D eigenvalue weighted by atomic mass is 15.3. The van der Waals surface area contributed by atoms with Gasteiger partial charge >= 0.3 is 0 Å². The first-order valence-corrected chi connectivity index (χ1v) is 8.49. The fraction of sp³-hybridized carbons (Fsp3) is 1.00. The molecule has 0 aliphatic carbocycles. The first-order valence-electron chi connectivity index (χ1n) is 8.49. The van der Waals surface area contributed by atoms with Crippen molar-refractivity contribution in [3.63, 3.8) is 0 Å². The second-order valence-corrected chi connectivity index (χ2v) is 6.97. The first kappa shape index (κ1) is 13.8. The van der Waals surface area contributed by atoms with Gasteiger partial charge in [-0.05, 0) is 51.1 Å². The number of likely N-dealkylation sites (tertiary alicyclic amines) is 1. The zero-order valence-corrected chi connectivity index (χ0v) is 12.6. The van der Waals surface area contributed by atoms with Gasteiger partial charge in [0.2, 0.25) is 0 Å². The molecule has 3 fully saturated rings. The summed E-state index contributed by atoms with van der Waals surface area (Å²) in [6.07, 6.45) is 9.65. The molecule has 3 heterocycles. The topological polar surface area (TPSA) is 32.5 Å². The van der Waals surface area contributed by atoms with Crippen LogP contribution in [-0.2, 0) is 0 Å². The molecule has 3 aliphatic heterocycles. The van der Waals surface area contributed by atoms with Gasteiger partial charge in [-0.1, -0.05) is 19.8 Å². The highest BCUT2D eigenvalue weighted by molar-refractivity contribution is 5.09. The third-order valence-corrected chi connectivity index (χ3v) is 6.15.